The number of hydrogen-bond donors (Lipinski definition) is 2. The third-order valence-electron chi connectivity index (χ3n) is 3.18. The fourth-order valence-electron chi connectivity index (χ4n) is 2.13. The Hall–Kier alpha value is -1.11. The van der Waals surface area contributed by atoms with Gasteiger partial charge < -0.3 is 14.9 Å². The summed E-state index contributed by atoms with van der Waals surface area (Å²) in [6.07, 6.45) is -2.80. The molecule has 1 saturated heterocycles. The average molecular weight is 276 g/mol. The lowest BCUT2D eigenvalue weighted by atomic mass is 10.0. The van der Waals surface area contributed by atoms with E-state index in [0.717, 1.165) is 17.7 Å². The van der Waals surface area contributed by atoms with E-state index in [4.69, 9.17) is 4.74 Å². The van der Waals surface area contributed by atoms with Crippen LogP contribution in [0.4, 0.5) is 13.2 Å². The molecule has 106 valence electrons. The van der Waals surface area contributed by atoms with Gasteiger partial charge in [-0.1, -0.05) is 12.1 Å². The predicted molar refractivity (Wildman–Crippen MR) is 61.0 cm³/mol. The molecule has 0 radical (unpaired) electrons. The van der Waals surface area contributed by atoms with Gasteiger partial charge in [0.05, 0.1) is 11.7 Å². The molecule has 1 aromatic rings. The molecule has 6 heteroatoms. The van der Waals surface area contributed by atoms with Gasteiger partial charge in [-0.3, -0.25) is 0 Å². The molecule has 1 aromatic carbocycles. The standard InChI is InChI=1S/C13H15F3O3/c14-13(15,16)10-4-1-9(2-5-10)3-6-11-7-8-12(17,18)19-11/h1-2,4-5,11,17-18H,3,6-8H2. The van der Waals surface area contributed by atoms with Crippen molar-refractivity contribution in [1.29, 1.82) is 0 Å². The normalized spacial score (nSPS) is 22.7. The number of hydrogen-bond acceptors (Lipinski definition) is 3. The molecule has 2 N–H and O–H groups in total. The summed E-state index contributed by atoms with van der Waals surface area (Å²) in [6, 6.07) is 4.96. The van der Waals surface area contributed by atoms with Crippen molar-refractivity contribution in [2.45, 2.75) is 43.9 Å². The minimum atomic E-state index is -4.32. The van der Waals surface area contributed by atoms with Crippen molar-refractivity contribution in [3.8, 4) is 0 Å². The first-order chi connectivity index (χ1) is 8.76. The molecule has 0 bridgehead atoms. The topological polar surface area (TPSA) is 49.7 Å². The second-order valence-corrected chi connectivity index (χ2v) is 4.76. The van der Waals surface area contributed by atoms with E-state index in [1.165, 1.54) is 12.1 Å². The smallest absolute Gasteiger partial charge is 0.343 e. The van der Waals surface area contributed by atoms with Gasteiger partial charge >= 0.3 is 6.18 Å². The Morgan fingerprint density at radius 3 is 2.32 bits per heavy atom. The van der Waals surface area contributed by atoms with E-state index >= 15 is 0 Å². The van der Waals surface area contributed by atoms with Crippen LogP contribution in [-0.4, -0.2) is 22.3 Å². The van der Waals surface area contributed by atoms with Gasteiger partial charge in [0.15, 0.2) is 0 Å². The molecule has 0 spiro atoms. The zero-order valence-corrected chi connectivity index (χ0v) is 10.2. The van der Waals surface area contributed by atoms with Gasteiger partial charge in [-0.25, -0.2) is 0 Å². The number of aryl methyl sites for hydroxylation is 1. The fourth-order valence-corrected chi connectivity index (χ4v) is 2.13. The Kier molecular flexibility index (Phi) is 3.85. The number of aliphatic hydroxyl groups is 2. The number of benzene rings is 1. The molecule has 1 unspecified atom stereocenters. The Labute approximate surface area is 108 Å². The fraction of sp³-hybridized carbons (Fsp3) is 0.538. The molecule has 1 aliphatic heterocycles. The van der Waals surface area contributed by atoms with E-state index in [-0.39, 0.29) is 12.5 Å². The van der Waals surface area contributed by atoms with Crippen LogP contribution in [0.3, 0.4) is 0 Å². The molecule has 1 aliphatic rings. The number of alkyl halides is 3. The van der Waals surface area contributed by atoms with Crippen molar-refractivity contribution in [3.05, 3.63) is 35.4 Å². The Morgan fingerprint density at radius 2 is 1.84 bits per heavy atom. The molecule has 2 rings (SSSR count). The molecule has 0 aromatic heterocycles. The van der Waals surface area contributed by atoms with Crippen LogP contribution in [0.25, 0.3) is 0 Å². The van der Waals surface area contributed by atoms with Crippen LogP contribution < -0.4 is 0 Å². The van der Waals surface area contributed by atoms with E-state index < -0.39 is 17.7 Å². The summed E-state index contributed by atoms with van der Waals surface area (Å²) in [5, 5.41) is 18.4. The highest BCUT2D eigenvalue weighted by Crippen LogP contribution is 2.30. The molecule has 1 heterocycles. The van der Waals surface area contributed by atoms with Gasteiger partial charge in [0, 0.05) is 6.42 Å². The number of rotatable bonds is 3. The van der Waals surface area contributed by atoms with Crippen LogP contribution in [0.2, 0.25) is 0 Å². The summed E-state index contributed by atoms with van der Waals surface area (Å²) in [6.45, 7) is 0. The largest absolute Gasteiger partial charge is 0.416 e. The van der Waals surface area contributed by atoms with Gasteiger partial charge in [0.2, 0.25) is 0 Å². The quantitative estimate of drug-likeness (QED) is 0.834. The van der Waals surface area contributed by atoms with Crippen LogP contribution >= 0.6 is 0 Å². The van der Waals surface area contributed by atoms with Gasteiger partial charge in [-0.15, -0.1) is 0 Å². The molecule has 3 nitrogen and oxygen atoms in total. The van der Waals surface area contributed by atoms with Crippen molar-refractivity contribution >= 4 is 0 Å². The van der Waals surface area contributed by atoms with Crippen molar-refractivity contribution in [2.75, 3.05) is 0 Å². The van der Waals surface area contributed by atoms with Crippen LogP contribution in [0.1, 0.15) is 30.4 Å². The first kappa shape index (κ1) is 14.3. The van der Waals surface area contributed by atoms with Crippen LogP contribution in [0, 0.1) is 0 Å². The summed E-state index contributed by atoms with van der Waals surface area (Å²) in [5.41, 5.74) is 0.100. The lowest BCUT2D eigenvalue weighted by molar-refractivity contribution is -0.325. The van der Waals surface area contributed by atoms with E-state index in [1.54, 1.807) is 0 Å². The predicted octanol–water partition coefficient (Wildman–Crippen LogP) is 2.46. The van der Waals surface area contributed by atoms with Crippen molar-refractivity contribution in [1.82, 2.24) is 0 Å². The van der Waals surface area contributed by atoms with Gasteiger partial charge in [0.1, 0.15) is 0 Å². The average Bonchev–Trinajstić information content (AvgIpc) is 2.66. The second kappa shape index (κ2) is 5.11. The highest BCUT2D eigenvalue weighted by Gasteiger charge is 2.36. The molecule has 0 saturated carbocycles. The zero-order chi connectivity index (χ0) is 14.1. The maximum atomic E-state index is 12.4. The third kappa shape index (κ3) is 3.92. The summed E-state index contributed by atoms with van der Waals surface area (Å²) in [4.78, 5) is 0. The first-order valence-corrected chi connectivity index (χ1v) is 6.05. The summed E-state index contributed by atoms with van der Waals surface area (Å²) < 4.78 is 42.1. The van der Waals surface area contributed by atoms with E-state index in [9.17, 15) is 23.4 Å². The highest BCUT2D eigenvalue weighted by molar-refractivity contribution is 5.24. The maximum Gasteiger partial charge on any atom is 0.416 e. The Bertz CT molecular complexity index is 426. The highest BCUT2D eigenvalue weighted by atomic mass is 19.4. The Morgan fingerprint density at radius 1 is 1.21 bits per heavy atom. The van der Waals surface area contributed by atoms with Crippen LogP contribution in [0.5, 0.6) is 0 Å². The van der Waals surface area contributed by atoms with Gasteiger partial charge in [-0.2, -0.15) is 13.2 Å². The summed E-state index contributed by atoms with van der Waals surface area (Å²) in [7, 11) is 0. The number of halogens is 3. The zero-order valence-electron chi connectivity index (χ0n) is 10.2. The van der Waals surface area contributed by atoms with E-state index in [1.807, 2.05) is 0 Å². The van der Waals surface area contributed by atoms with Gasteiger partial charge in [-0.05, 0) is 37.0 Å². The number of ether oxygens (including phenoxy) is 1. The van der Waals surface area contributed by atoms with Crippen molar-refractivity contribution in [2.24, 2.45) is 0 Å². The van der Waals surface area contributed by atoms with Crippen LogP contribution in [0.15, 0.2) is 24.3 Å². The summed E-state index contributed by atoms with van der Waals surface area (Å²) in [5.74, 6) is -2.05. The minimum absolute atomic E-state index is 0.157. The minimum Gasteiger partial charge on any atom is -0.343 e. The van der Waals surface area contributed by atoms with Crippen molar-refractivity contribution in [3.63, 3.8) is 0 Å². The van der Waals surface area contributed by atoms with E-state index in [2.05, 4.69) is 0 Å². The summed E-state index contributed by atoms with van der Waals surface area (Å²) >= 11 is 0. The molecule has 0 aliphatic carbocycles. The van der Waals surface area contributed by atoms with E-state index in [0.29, 0.717) is 19.3 Å². The third-order valence-corrected chi connectivity index (χ3v) is 3.18. The lowest BCUT2D eigenvalue weighted by Crippen LogP contribution is -2.27. The molecule has 19 heavy (non-hydrogen) atoms. The molecule has 1 fully saturated rings. The molecule has 1 atom stereocenters. The molecular formula is C13H15F3O3. The Balaban J connectivity index is 1.87. The second-order valence-electron chi connectivity index (χ2n) is 4.76. The van der Waals surface area contributed by atoms with Crippen molar-refractivity contribution < 1.29 is 28.1 Å². The monoisotopic (exact) mass is 276 g/mol. The maximum absolute atomic E-state index is 12.4. The van der Waals surface area contributed by atoms with Crippen LogP contribution in [-0.2, 0) is 17.3 Å². The van der Waals surface area contributed by atoms with Gasteiger partial charge in [0.25, 0.3) is 5.97 Å². The first-order valence-electron chi connectivity index (χ1n) is 6.05. The lowest BCUT2D eigenvalue weighted by Gasteiger charge is -2.16. The molecular weight excluding hydrogens is 261 g/mol. The SMILES string of the molecule is OC1(O)CCC(CCc2ccc(C(F)(F)F)cc2)O1. The molecule has 0 amide bonds.